The lowest BCUT2D eigenvalue weighted by atomic mass is 10.3. The van der Waals surface area contributed by atoms with E-state index in [4.69, 9.17) is 4.74 Å². The number of hydrogen-bond donors (Lipinski definition) is 0. The summed E-state index contributed by atoms with van der Waals surface area (Å²) in [6, 6.07) is 0.198. The van der Waals surface area contributed by atoms with Crippen LogP contribution in [0.15, 0.2) is 11.6 Å². The zero-order chi connectivity index (χ0) is 7.52. The fourth-order valence-electron chi connectivity index (χ4n) is 1.07. The zero-order valence-corrected chi connectivity index (χ0v) is 6.88. The molecule has 1 atom stereocenters. The van der Waals surface area contributed by atoms with E-state index < -0.39 is 0 Å². The monoisotopic (exact) mass is 169 g/mol. The predicted octanol–water partition coefficient (Wildman–Crippen LogP) is 0.819. The minimum absolute atomic E-state index is 0.198. The lowest BCUT2D eigenvalue weighted by molar-refractivity contribution is 0.0744. The molecular formula is C7H9N2OS. The van der Waals surface area contributed by atoms with E-state index in [1.54, 1.807) is 11.3 Å². The molecule has 2 rings (SSSR count). The molecule has 0 saturated carbocycles. The van der Waals surface area contributed by atoms with Crippen LogP contribution in [0, 0.1) is 0 Å². The van der Waals surface area contributed by atoms with Crippen molar-refractivity contribution < 1.29 is 4.74 Å². The lowest BCUT2D eigenvalue weighted by Gasteiger charge is -2.19. The molecule has 0 N–H and O–H groups in total. The van der Waals surface area contributed by atoms with Gasteiger partial charge in [-0.1, -0.05) is 0 Å². The fraction of sp³-hybridized carbons (Fsp3) is 0.571. The van der Waals surface area contributed by atoms with Crippen molar-refractivity contribution in [1.29, 1.82) is 0 Å². The highest BCUT2D eigenvalue weighted by molar-refractivity contribution is 7.09. The van der Waals surface area contributed by atoms with E-state index in [0.29, 0.717) is 6.61 Å². The Morgan fingerprint density at radius 1 is 1.64 bits per heavy atom. The van der Waals surface area contributed by atoms with Crippen LogP contribution < -0.4 is 5.32 Å². The van der Waals surface area contributed by atoms with E-state index in [1.165, 1.54) is 0 Å². The quantitative estimate of drug-likeness (QED) is 0.624. The number of ether oxygens (including phenoxy) is 1. The molecule has 1 saturated heterocycles. The number of morpholine rings is 1. The molecule has 1 fully saturated rings. The normalized spacial score (nSPS) is 25.3. The van der Waals surface area contributed by atoms with Crippen molar-refractivity contribution in [2.75, 3.05) is 19.8 Å². The molecule has 2 heterocycles. The third-order valence-electron chi connectivity index (χ3n) is 1.60. The maximum atomic E-state index is 5.28. The van der Waals surface area contributed by atoms with Gasteiger partial charge in [0.15, 0.2) is 0 Å². The molecular weight excluding hydrogens is 160 g/mol. The van der Waals surface area contributed by atoms with Crippen LogP contribution in [-0.2, 0) is 4.74 Å². The highest BCUT2D eigenvalue weighted by Crippen LogP contribution is 2.18. The summed E-state index contributed by atoms with van der Waals surface area (Å²) in [5.41, 5.74) is 0. The minimum Gasteiger partial charge on any atom is -0.378 e. The highest BCUT2D eigenvalue weighted by atomic mass is 32.1. The first kappa shape index (κ1) is 7.21. The van der Waals surface area contributed by atoms with Gasteiger partial charge in [-0.05, 0) is 0 Å². The minimum atomic E-state index is 0.198. The van der Waals surface area contributed by atoms with Crippen molar-refractivity contribution in [2.24, 2.45) is 0 Å². The van der Waals surface area contributed by atoms with Crippen LogP contribution >= 0.6 is 11.3 Å². The first-order valence-corrected chi connectivity index (χ1v) is 4.48. The molecule has 1 radical (unpaired) electrons. The molecule has 1 aliphatic rings. The van der Waals surface area contributed by atoms with Crippen molar-refractivity contribution >= 4 is 11.3 Å². The van der Waals surface area contributed by atoms with Crippen LogP contribution in [0.1, 0.15) is 11.0 Å². The molecule has 1 aromatic heterocycles. The number of thiazole rings is 1. The molecule has 0 aromatic carbocycles. The van der Waals surface area contributed by atoms with E-state index >= 15 is 0 Å². The summed E-state index contributed by atoms with van der Waals surface area (Å²) in [4.78, 5) is 4.18. The molecule has 11 heavy (non-hydrogen) atoms. The molecule has 59 valence electrons. The van der Waals surface area contributed by atoms with Crippen LogP contribution in [-0.4, -0.2) is 24.7 Å². The predicted molar refractivity (Wildman–Crippen MR) is 42.7 cm³/mol. The van der Waals surface area contributed by atoms with Gasteiger partial charge in [-0.15, -0.1) is 11.3 Å². The van der Waals surface area contributed by atoms with Crippen molar-refractivity contribution in [3.05, 3.63) is 16.6 Å². The van der Waals surface area contributed by atoms with Gasteiger partial charge in [0, 0.05) is 18.1 Å². The zero-order valence-electron chi connectivity index (χ0n) is 6.06. The molecule has 1 aromatic rings. The summed E-state index contributed by atoms with van der Waals surface area (Å²) >= 11 is 1.64. The van der Waals surface area contributed by atoms with Gasteiger partial charge >= 0.3 is 0 Å². The largest absolute Gasteiger partial charge is 0.378 e. The second-order valence-corrected chi connectivity index (χ2v) is 3.29. The van der Waals surface area contributed by atoms with E-state index in [9.17, 15) is 0 Å². The van der Waals surface area contributed by atoms with Gasteiger partial charge in [0.05, 0.1) is 19.3 Å². The molecule has 0 bridgehead atoms. The summed E-state index contributed by atoms with van der Waals surface area (Å²) in [6.45, 7) is 2.28. The smallest absolute Gasteiger partial charge is 0.113 e. The Bertz CT molecular complexity index is 206. The third-order valence-corrected chi connectivity index (χ3v) is 2.47. The summed E-state index contributed by atoms with van der Waals surface area (Å²) in [7, 11) is 0. The van der Waals surface area contributed by atoms with Crippen LogP contribution in [0.5, 0.6) is 0 Å². The van der Waals surface area contributed by atoms with Gasteiger partial charge in [-0.2, -0.15) is 0 Å². The Morgan fingerprint density at radius 3 is 3.27 bits per heavy atom. The lowest BCUT2D eigenvalue weighted by Crippen LogP contribution is -2.28. The average molecular weight is 169 g/mol. The first-order valence-electron chi connectivity index (χ1n) is 3.60. The molecule has 1 unspecified atom stereocenters. The second-order valence-electron chi connectivity index (χ2n) is 2.37. The van der Waals surface area contributed by atoms with E-state index in [1.807, 2.05) is 11.6 Å². The molecule has 3 nitrogen and oxygen atoms in total. The number of nitrogens with zero attached hydrogens (tertiary/aromatic N) is 2. The Morgan fingerprint density at radius 2 is 2.64 bits per heavy atom. The summed E-state index contributed by atoms with van der Waals surface area (Å²) < 4.78 is 5.28. The van der Waals surface area contributed by atoms with Gasteiger partial charge in [0.1, 0.15) is 5.01 Å². The van der Waals surface area contributed by atoms with E-state index in [-0.39, 0.29) is 6.04 Å². The van der Waals surface area contributed by atoms with Gasteiger partial charge in [0.25, 0.3) is 0 Å². The highest BCUT2D eigenvalue weighted by Gasteiger charge is 2.17. The van der Waals surface area contributed by atoms with Crippen LogP contribution in [0.2, 0.25) is 0 Å². The maximum absolute atomic E-state index is 5.28. The standard InChI is InChI=1S/C7H9N2OS/c1-3-10-5-6(8-1)7-9-2-4-11-7/h2,4,6H,1,3,5H2. The molecule has 0 amide bonds. The molecule has 4 heteroatoms. The Balaban J connectivity index is 2.04. The number of aromatic nitrogens is 1. The van der Waals surface area contributed by atoms with Crippen LogP contribution in [0.25, 0.3) is 0 Å². The average Bonchev–Trinajstić information content (AvgIpc) is 2.58. The van der Waals surface area contributed by atoms with E-state index in [2.05, 4.69) is 10.3 Å². The van der Waals surface area contributed by atoms with Crippen molar-refractivity contribution in [2.45, 2.75) is 6.04 Å². The second kappa shape index (κ2) is 3.30. The summed E-state index contributed by atoms with van der Waals surface area (Å²) in [6.07, 6.45) is 1.81. The third kappa shape index (κ3) is 1.58. The van der Waals surface area contributed by atoms with Crippen molar-refractivity contribution in [1.82, 2.24) is 10.3 Å². The number of rotatable bonds is 1. The van der Waals surface area contributed by atoms with Crippen LogP contribution in [0.4, 0.5) is 0 Å². The fourth-order valence-corrected chi connectivity index (χ4v) is 1.75. The van der Waals surface area contributed by atoms with E-state index in [0.717, 1.165) is 18.2 Å². The Kier molecular flexibility index (Phi) is 2.16. The molecule has 1 aliphatic heterocycles. The molecule has 0 spiro atoms. The molecule has 0 aliphatic carbocycles. The SMILES string of the molecule is c1csc(C2COCC[N]2)n1. The Hall–Kier alpha value is -0.450. The van der Waals surface area contributed by atoms with Crippen LogP contribution in [0.3, 0.4) is 0 Å². The van der Waals surface area contributed by atoms with Gasteiger partial charge in [-0.25, -0.2) is 10.3 Å². The number of hydrogen-bond acceptors (Lipinski definition) is 3. The van der Waals surface area contributed by atoms with Gasteiger partial charge < -0.3 is 4.74 Å². The van der Waals surface area contributed by atoms with Crippen molar-refractivity contribution in [3.63, 3.8) is 0 Å². The topological polar surface area (TPSA) is 36.2 Å². The van der Waals surface area contributed by atoms with Crippen molar-refractivity contribution in [3.8, 4) is 0 Å². The maximum Gasteiger partial charge on any atom is 0.113 e. The summed E-state index contributed by atoms with van der Waals surface area (Å²) in [5.74, 6) is 0. The summed E-state index contributed by atoms with van der Waals surface area (Å²) in [5, 5.41) is 7.44. The Labute approximate surface area is 69.4 Å². The first-order chi connectivity index (χ1) is 5.47. The van der Waals surface area contributed by atoms with Gasteiger partial charge in [-0.3, -0.25) is 0 Å². The van der Waals surface area contributed by atoms with Gasteiger partial charge in [0.2, 0.25) is 0 Å².